The van der Waals surface area contributed by atoms with Crippen LogP contribution >= 0.6 is 7.60 Å². The number of alkyl halides is 1. The molecule has 0 aliphatic carbocycles. The van der Waals surface area contributed by atoms with Crippen LogP contribution in [-0.4, -0.2) is 19.1 Å². The lowest BCUT2D eigenvalue weighted by Crippen LogP contribution is -2.16. The van der Waals surface area contributed by atoms with Gasteiger partial charge in [-0.3, -0.25) is 4.57 Å². The zero-order chi connectivity index (χ0) is 22.0. The van der Waals surface area contributed by atoms with E-state index < -0.39 is 13.5 Å². The Morgan fingerprint density at radius 3 is 1.69 bits per heavy atom. The van der Waals surface area contributed by atoms with Crippen LogP contribution < -0.4 is 0 Å². The van der Waals surface area contributed by atoms with E-state index in [9.17, 15) is 8.96 Å². The second-order valence-corrected chi connectivity index (χ2v) is 10.1. The topological polar surface area (TPSA) is 35.5 Å². The minimum Gasteiger partial charge on any atom is -0.306 e. The average Bonchev–Trinajstić information content (AvgIpc) is 2.73. The third-order valence-electron chi connectivity index (χ3n) is 5.47. The Bertz CT molecular complexity index is 462. The zero-order valence-corrected chi connectivity index (χ0v) is 20.6. The quantitative estimate of drug-likeness (QED) is 0.124. The minimum atomic E-state index is -3.90. The van der Waals surface area contributed by atoms with Crippen molar-refractivity contribution in [1.29, 1.82) is 0 Å². The van der Waals surface area contributed by atoms with Crippen molar-refractivity contribution in [2.45, 2.75) is 118 Å². The number of hydrogen-bond acceptors (Lipinski definition) is 3. The van der Waals surface area contributed by atoms with Crippen LogP contribution in [0.1, 0.15) is 112 Å². The highest BCUT2D eigenvalue weighted by molar-refractivity contribution is 7.54. The summed E-state index contributed by atoms with van der Waals surface area (Å²) in [5, 5.41) is 0. The molecule has 0 aromatic carbocycles. The van der Waals surface area contributed by atoms with Crippen molar-refractivity contribution < 1.29 is 18.0 Å². The Hall–Kier alpha value is -0.360. The Morgan fingerprint density at radius 1 is 0.793 bits per heavy atom. The van der Waals surface area contributed by atoms with Gasteiger partial charge in [0.2, 0.25) is 0 Å². The predicted molar refractivity (Wildman–Crippen MR) is 123 cm³/mol. The van der Waals surface area contributed by atoms with Gasteiger partial charge in [-0.2, -0.15) is 0 Å². The summed E-state index contributed by atoms with van der Waals surface area (Å²) < 4.78 is 39.5. The molecule has 3 nitrogen and oxygen atoms in total. The van der Waals surface area contributed by atoms with Crippen LogP contribution in [0.15, 0.2) is 0 Å². The van der Waals surface area contributed by atoms with Gasteiger partial charge in [-0.1, -0.05) is 97.8 Å². The van der Waals surface area contributed by atoms with Crippen LogP contribution in [0, 0.1) is 23.7 Å². The number of halogens is 1. The molecule has 0 bridgehead atoms. The van der Waals surface area contributed by atoms with E-state index in [1.165, 1.54) is 0 Å². The fourth-order valence-corrected chi connectivity index (χ4v) is 4.50. The van der Waals surface area contributed by atoms with Crippen molar-refractivity contribution in [2.75, 3.05) is 13.2 Å². The molecule has 5 heteroatoms. The first-order valence-electron chi connectivity index (χ1n) is 12.0. The highest BCUT2D eigenvalue weighted by Crippen LogP contribution is 2.54. The number of hydrogen-bond donors (Lipinski definition) is 0. The van der Waals surface area contributed by atoms with Crippen molar-refractivity contribution in [3.8, 4) is 11.8 Å². The Kier molecular flexibility index (Phi) is 18.2. The third-order valence-corrected chi connectivity index (χ3v) is 7.17. The summed E-state index contributed by atoms with van der Waals surface area (Å²) in [6.45, 7) is 11.1. The van der Waals surface area contributed by atoms with Crippen LogP contribution in [0.2, 0.25) is 0 Å². The van der Waals surface area contributed by atoms with Gasteiger partial charge in [0.05, 0.1) is 13.2 Å². The van der Waals surface area contributed by atoms with Gasteiger partial charge in [-0.05, 0) is 31.1 Å². The average molecular weight is 433 g/mol. The van der Waals surface area contributed by atoms with Gasteiger partial charge in [0, 0.05) is 6.42 Å². The highest BCUT2D eigenvalue weighted by atomic mass is 31.2. The van der Waals surface area contributed by atoms with Crippen LogP contribution in [0.4, 0.5) is 4.39 Å². The van der Waals surface area contributed by atoms with Crippen molar-refractivity contribution in [3.63, 3.8) is 0 Å². The smallest absolute Gasteiger partial charge is 0.306 e. The molecule has 0 amide bonds. The normalized spacial score (nSPS) is 16.5. The predicted octanol–water partition coefficient (Wildman–Crippen LogP) is 8.52. The van der Waals surface area contributed by atoms with Crippen molar-refractivity contribution in [2.24, 2.45) is 11.8 Å². The zero-order valence-electron chi connectivity index (χ0n) is 19.7. The second-order valence-electron chi connectivity index (χ2n) is 8.08. The molecule has 0 rings (SSSR count). The molecular weight excluding hydrogens is 386 g/mol. The van der Waals surface area contributed by atoms with Crippen molar-refractivity contribution in [1.82, 2.24) is 0 Å². The molecule has 0 saturated carbocycles. The summed E-state index contributed by atoms with van der Waals surface area (Å²) in [6, 6.07) is 0. The molecule has 0 spiro atoms. The van der Waals surface area contributed by atoms with Crippen LogP contribution in [0.5, 0.6) is 0 Å². The lowest BCUT2D eigenvalue weighted by atomic mass is 10.0. The third kappa shape index (κ3) is 13.5. The highest BCUT2D eigenvalue weighted by Gasteiger charge is 2.36. The van der Waals surface area contributed by atoms with E-state index in [2.05, 4.69) is 46.5 Å². The van der Waals surface area contributed by atoms with Crippen molar-refractivity contribution >= 4 is 7.60 Å². The summed E-state index contributed by atoms with van der Waals surface area (Å²) in [6.07, 6.45) is 12.0. The second kappa shape index (κ2) is 18.4. The summed E-state index contributed by atoms with van der Waals surface area (Å²) in [5.41, 5.74) is 0. The van der Waals surface area contributed by atoms with Crippen LogP contribution in [-0.2, 0) is 13.6 Å². The molecule has 0 aromatic heterocycles. The lowest BCUT2D eigenvalue weighted by Gasteiger charge is -2.24. The molecule has 0 fully saturated rings. The van der Waals surface area contributed by atoms with Gasteiger partial charge in [0.1, 0.15) is 0 Å². The van der Waals surface area contributed by atoms with Gasteiger partial charge in [-0.15, -0.1) is 0 Å². The Balaban J connectivity index is 5.05. The van der Waals surface area contributed by atoms with E-state index in [0.29, 0.717) is 6.42 Å². The fraction of sp³-hybridized carbons (Fsp3) is 0.917. The number of rotatable bonds is 18. The lowest BCUT2D eigenvalue weighted by molar-refractivity contribution is 0.139. The summed E-state index contributed by atoms with van der Waals surface area (Å²) in [5.74, 6) is 4.05. The minimum absolute atomic E-state index is 0.275. The first kappa shape index (κ1) is 28.6. The van der Waals surface area contributed by atoms with E-state index in [0.717, 1.165) is 70.6 Å². The maximum Gasteiger partial charge on any atom is 0.376 e. The number of unbranched alkanes of at least 4 members (excludes halogenated alkanes) is 5. The molecule has 0 aliphatic rings. The van der Waals surface area contributed by atoms with Crippen LogP contribution in [0.3, 0.4) is 0 Å². The molecule has 0 aliphatic heterocycles. The van der Waals surface area contributed by atoms with Gasteiger partial charge in [-0.25, -0.2) is 4.39 Å². The first-order valence-corrected chi connectivity index (χ1v) is 13.6. The standard InChI is InChI=1S/C24H46FO3P/c1-6-11-14-15-16-19-24(25)29(26,27-20-22(9-4)17-12-7-2)28-21-23(10-5)18-13-8-3/h22-24H,6-15,17-18,20-21H2,1-5H3. The van der Waals surface area contributed by atoms with Gasteiger partial charge < -0.3 is 9.05 Å². The van der Waals surface area contributed by atoms with Gasteiger partial charge in [0.25, 0.3) is 5.91 Å². The van der Waals surface area contributed by atoms with Gasteiger partial charge >= 0.3 is 7.60 Å². The molecule has 3 unspecified atom stereocenters. The van der Waals surface area contributed by atoms with E-state index in [1.807, 2.05) is 0 Å². The molecule has 0 radical (unpaired) electrons. The molecule has 0 aromatic rings. The first-order chi connectivity index (χ1) is 14.0. The fourth-order valence-electron chi connectivity index (χ4n) is 3.08. The van der Waals surface area contributed by atoms with E-state index >= 15 is 0 Å². The molecular formula is C24H46FO3P. The summed E-state index contributed by atoms with van der Waals surface area (Å²) >= 11 is 0. The van der Waals surface area contributed by atoms with Crippen LogP contribution in [0.25, 0.3) is 0 Å². The SMILES string of the molecule is CCCCCC#CC(F)P(=O)(OCC(CC)CCCC)OCC(CC)CCCC. The Morgan fingerprint density at radius 2 is 1.28 bits per heavy atom. The molecule has 0 saturated heterocycles. The molecule has 3 atom stereocenters. The van der Waals surface area contributed by atoms with E-state index in [4.69, 9.17) is 9.05 Å². The molecule has 29 heavy (non-hydrogen) atoms. The molecule has 172 valence electrons. The molecule has 0 N–H and O–H groups in total. The maximum absolute atomic E-state index is 14.9. The van der Waals surface area contributed by atoms with Gasteiger partial charge in [0.15, 0.2) is 0 Å². The Labute approximate surface area is 180 Å². The summed E-state index contributed by atoms with van der Waals surface area (Å²) in [7, 11) is -3.90. The van der Waals surface area contributed by atoms with E-state index in [-0.39, 0.29) is 25.0 Å². The van der Waals surface area contributed by atoms with E-state index in [1.54, 1.807) is 0 Å². The monoisotopic (exact) mass is 432 g/mol. The summed E-state index contributed by atoms with van der Waals surface area (Å²) in [4.78, 5) is 0. The maximum atomic E-state index is 14.9. The van der Waals surface area contributed by atoms with Crippen molar-refractivity contribution in [3.05, 3.63) is 0 Å². The largest absolute Gasteiger partial charge is 0.376 e. The molecule has 0 heterocycles.